The number of rotatable bonds is 25. The Bertz CT molecular complexity index is 471. The molecule has 0 saturated heterocycles. The molecular weight excluding hydrogens is 432 g/mol. The third-order valence-corrected chi connectivity index (χ3v) is 3.58. The number of ether oxygens (including phenoxy) is 8. The molecule has 0 aliphatic carbocycles. The Kier molecular flexibility index (Phi) is 22.7. The fourth-order valence-corrected chi connectivity index (χ4v) is 1.95. The van der Waals surface area contributed by atoms with Gasteiger partial charge < -0.3 is 43.0 Å². The van der Waals surface area contributed by atoms with Crippen LogP contribution in [0, 0.1) is 0 Å². The summed E-state index contributed by atoms with van der Waals surface area (Å²) in [5.74, 6) is -3.22. The predicted octanol–water partition coefficient (Wildman–Crippen LogP) is -0.290. The molecule has 0 aromatic carbocycles. The largest absolute Gasteiger partial charge is 0.476 e. The number of ketones is 1. The van der Waals surface area contributed by atoms with E-state index in [0.29, 0.717) is 79.3 Å². The van der Waals surface area contributed by atoms with E-state index in [2.05, 4.69) is 0 Å². The van der Waals surface area contributed by atoms with Crippen molar-refractivity contribution in [2.45, 2.75) is 12.8 Å². The van der Waals surface area contributed by atoms with E-state index in [4.69, 9.17) is 43.0 Å². The molecule has 32 heavy (non-hydrogen) atoms. The average Bonchev–Trinajstić information content (AvgIpc) is 2.78. The summed E-state index contributed by atoms with van der Waals surface area (Å²) in [6.45, 7) is 5.87. The molecule has 0 fully saturated rings. The first kappa shape index (κ1) is 30.3. The zero-order valence-electron chi connectivity index (χ0n) is 18.8. The predicted molar refractivity (Wildman–Crippen MR) is 110 cm³/mol. The van der Waals surface area contributed by atoms with Gasteiger partial charge in [0, 0.05) is 13.5 Å². The first-order valence-electron chi connectivity index (χ1n) is 10.4. The Balaban J connectivity index is 3.15. The van der Waals surface area contributed by atoms with Gasteiger partial charge >= 0.3 is 11.9 Å². The van der Waals surface area contributed by atoms with E-state index in [1.165, 1.54) is 0 Å². The van der Waals surface area contributed by atoms with Crippen molar-refractivity contribution in [1.29, 1.82) is 0 Å². The molecule has 0 amide bonds. The number of esters is 1. The third-order valence-electron chi connectivity index (χ3n) is 3.58. The van der Waals surface area contributed by atoms with Crippen molar-refractivity contribution < 1.29 is 57.4 Å². The van der Waals surface area contributed by atoms with Gasteiger partial charge in [0.1, 0.15) is 6.61 Å². The molecule has 0 rings (SSSR count). The molecule has 1 N–H and O–H groups in total. The Hall–Kier alpha value is -1.67. The molecule has 188 valence electrons. The minimum absolute atomic E-state index is 0.0242. The molecule has 0 spiro atoms. The van der Waals surface area contributed by atoms with Crippen molar-refractivity contribution in [3.63, 3.8) is 0 Å². The van der Waals surface area contributed by atoms with Crippen LogP contribution in [0.2, 0.25) is 0 Å². The number of hydrogen-bond donors (Lipinski definition) is 1. The topological polar surface area (TPSA) is 145 Å². The van der Waals surface area contributed by atoms with Crippen LogP contribution in [0.5, 0.6) is 0 Å². The summed E-state index contributed by atoms with van der Waals surface area (Å²) in [5.41, 5.74) is 0. The van der Waals surface area contributed by atoms with Crippen LogP contribution in [-0.2, 0) is 52.3 Å². The Morgan fingerprint density at radius 2 is 0.875 bits per heavy atom. The van der Waals surface area contributed by atoms with Gasteiger partial charge in [0.15, 0.2) is 0 Å². The van der Waals surface area contributed by atoms with E-state index in [1.54, 1.807) is 7.11 Å². The second-order valence-electron chi connectivity index (χ2n) is 6.12. The molecule has 0 radical (unpaired) electrons. The molecule has 0 aromatic rings. The fraction of sp³-hybridized carbons (Fsp3) is 0.850. The van der Waals surface area contributed by atoms with Crippen molar-refractivity contribution >= 4 is 17.7 Å². The van der Waals surface area contributed by atoms with Gasteiger partial charge in [-0.1, -0.05) is 0 Å². The second-order valence-corrected chi connectivity index (χ2v) is 6.12. The average molecular weight is 468 g/mol. The summed E-state index contributed by atoms with van der Waals surface area (Å²) in [6, 6.07) is 0. The standard InChI is InChI=1S/C20H36O12/c1-25-4-5-26-6-7-27-8-9-28-10-11-29-12-13-30-14-15-31-16-17-32-19(22)3-2-18(21)20(23)24/h2-17H2,1H3,(H,23,24). The molecule has 0 unspecified atom stereocenters. The lowest BCUT2D eigenvalue weighted by molar-refractivity contribution is -0.151. The van der Waals surface area contributed by atoms with Crippen LogP contribution < -0.4 is 0 Å². The number of hydrogen-bond acceptors (Lipinski definition) is 11. The van der Waals surface area contributed by atoms with Crippen LogP contribution in [0.25, 0.3) is 0 Å². The fourth-order valence-electron chi connectivity index (χ4n) is 1.95. The minimum atomic E-state index is -1.56. The monoisotopic (exact) mass is 468 g/mol. The molecule has 0 aliphatic heterocycles. The van der Waals surface area contributed by atoms with E-state index in [9.17, 15) is 14.4 Å². The van der Waals surface area contributed by atoms with Gasteiger partial charge in [-0.25, -0.2) is 4.79 Å². The summed E-state index contributed by atoms with van der Waals surface area (Å²) >= 11 is 0. The van der Waals surface area contributed by atoms with Crippen LogP contribution in [0.15, 0.2) is 0 Å². The summed E-state index contributed by atoms with van der Waals surface area (Å²) < 4.78 is 41.5. The number of carbonyl (C=O) groups excluding carboxylic acids is 2. The first-order valence-corrected chi connectivity index (χ1v) is 10.4. The lowest BCUT2D eigenvalue weighted by atomic mass is 10.2. The first-order chi connectivity index (χ1) is 15.6. The highest BCUT2D eigenvalue weighted by molar-refractivity contribution is 6.32. The number of carboxylic acid groups (broad SMARTS) is 1. The molecule has 0 aromatic heterocycles. The SMILES string of the molecule is COCCOCCOCCOCCOCCOCCOCCOC(=O)CCC(=O)C(=O)O. The highest BCUT2D eigenvalue weighted by Gasteiger charge is 2.14. The van der Waals surface area contributed by atoms with Crippen LogP contribution in [-0.4, -0.2) is 122 Å². The number of methoxy groups -OCH3 is 1. The van der Waals surface area contributed by atoms with Crippen LogP contribution in [0.4, 0.5) is 0 Å². The Labute approximate surface area is 188 Å². The molecule has 0 bridgehead atoms. The van der Waals surface area contributed by atoms with E-state index >= 15 is 0 Å². The van der Waals surface area contributed by atoms with Crippen molar-refractivity contribution in [2.24, 2.45) is 0 Å². The molecule has 0 atom stereocenters. The molecule has 0 aliphatic rings. The Morgan fingerprint density at radius 1 is 0.531 bits per heavy atom. The number of carboxylic acids is 1. The molecule has 12 heteroatoms. The van der Waals surface area contributed by atoms with Crippen LogP contribution in [0.1, 0.15) is 12.8 Å². The highest BCUT2D eigenvalue weighted by atomic mass is 16.6. The van der Waals surface area contributed by atoms with E-state index < -0.39 is 17.7 Å². The Morgan fingerprint density at radius 3 is 1.22 bits per heavy atom. The zero-order chi connectivity index (χ0) is 23.7. The maximum absolute atomic E-state index is 11.3. The number of Topliss-reactive ketones (excluding diaryl/α,β-unsaturated/α-hetero) is 1. The van der Waals surface area contributed by atoms with Gasteiger partial charge in [0.2, 0.25) is 5.78 Å². The van der Waals surface area contributed by atoms with Crippen LogP contribution in [0.3, 0.4) is 0 Å². The normalized spacial score (nSPS) is 10.9. The summed E-state index contributed by atoms with van der Waals surface area (Å²) in [5, 5.41) is 8.39. The van der Waals surface area contributed by atoms with Gasteiger partial charge in [-0.05, 0) is 0 Å². The van der Waals surface area contributed by atoms with Gasteiger partial charge in [0.05, 0.1) is 92.3 Å². The molecular formula is C20H36O12. The molecule has 0 heterocycles. The van der Waals surface area contributed by atoms with Crippen molar-refractivity contribution in [3.8, 4) is 0 Å². The summed E-state index contributed by atoms with van der Waals surface area (Å²) in [7, 11) is 1.63. The second kappa shape index (κ2) is 24.0. The van der Waals surface area contributed by atoms with Crippen molar-refractivity contribution in [1.82, 2.24) is 0 Å². The van der Waals surface area contributed by atoms with Gasteiger partial charge in [0.25, 0.3) is 0 Å². The third kappa shape index (κ3) is 23.0. The number of aliphatic carboxylic acids is 1. The highest BCUT2D eigenvalue weighted by Crippen LogP contribution is 1.95. The van der Waals surface area contributed by atoms with E-state index in [-0.39, 0.29) is 26.1 Å². The van der Waals surface area contributed by atoms with Crippen molar-refractivity contribution in [2.75, 3.05) is 99.6 Å². The lowest BCUT2D eigenvalue weighted by Crippen LogP contribution is -2.17. The maximum atomic E-state index is 11.3. The lowest BCUT2D eigenvalue weighted by Gasteiger charge is -2.08. The summed E-state index contributed by atoms with van der Waals surface area (Å²) in [6.07, 6.45) is -0.643. The van der Waals surface area contributed by atoms with E-state index in [1.807, 2.05) is 0 Å². The van der Waals surface area contributed by atoms with Gasteiger partial charge in [-0.2, -0.15) is 0 Å². The smallest absolute Gasteiger partial charge is 0.372 e. The van der Waals surface area contributed by atoms with E-state index in [0.717, 1.165) is 0 Å². The minimum Gasteiger partial charge on any atom is -0.476 e. The number of carbonyl (C=O) groups is 3. The molecule has 12 nitrogen and oxygen atoms in total. The van der Waals surface area contributed by atoms with Gasteiger partial charge in [-0.3, -0.25) is 9.59 Å². The van der Waals surface area contributed by atoms with Crippen molar-refractivity contribution in [3.05, 3.63) is 0 Å². The molecule has 0 saturated carbocycles. The van der Waals surface area contributed by atoms with Gasteiger partial charge in [-0.15, -0.1) is 0 Å². The maximum Gasteiger partial charge on any atom is 0.372 e. The van der Waals surface area contributed by atoms with Crippen LogP contribution >= 0.6 is 0 Å². The zero-order valence-corrected chi connectivity index (χ0v) is 18.8. The quantitative estimate of drug-likeness (QED) is 0.107. The summed E-state index contributed by atoms with van der Waals surface area (Å²) in [4.78, 5) is 32.4.